The predicted octanol–water partition coefficient (Wildman–Crippen LogP) is 2.10. The molecule has 1 heterocycles. The summed E-state index contributed by atoms with van der Waals surface area (Å²) < 4.78 is 5.27. The highest BCUT2D eigenvalue weighted by atomic mass is 16.5. The van der Waals surface area contributed by atoms with Gasteiger partial charge < -0.3 is 9.64 Å². The SMILES string of the molecule is COc1ccc(C#N)c(N2CC(C)N(C)C(C)C2)c1. The Bertz CT molecular complexity index is 483. The second-order valence-electron chi connectivity index (χ2n) is 5.26. The molecule has 102 valence electrons. The number of likely N-dealkylation sites (N-methyl/N-ethyl adjacent to an activating group) is 1. The van der Waals surface area contributed by atoms with Crippen molar-refractivity contribution in [1.29, 1.82) is 5.26 Å². The molecule has 0 saturated carbocycles. The number of ether oxygens (including phenoxy) is 1. The van der Waals surface area contributed by atoms with Gasteiger partial charge in [0.05, 0.1) is 18.4 Å². The lowest BCUT2D eigenvalue weighted by atomic mass is 10.1. The molecule has 0 bridgehead atoms. The van der Waals surface area contributed by atoms with E-state index in [1.54, 1.807) is 7.11 Å². The lowest BCUT2D eigenvalue weighted by Crippen LogP contribution is -2.55. The molecule has 1 saturated heterocycles. The average molecular weight is 259 g/mol. The highest BCUT2D eigenvalue weighted by Crippen LogP contribution is 2.28. The van der Waals surface area contributed by atoms with Crippen LogP contribution in [0.25, 0.3) is 0 Å². The average Bonchev–Trinajstić information content (AvgIpc) is 2.43. The van der Waals surface area contributed by atoms with E-state index in [4.69, 9.17) is 4.74 Å². The van der Waals surface area contributed by atoms with Crippen molar-refractivity contribution >= 4 is 5.69 Å². The van der Waals surface area contributed by atoms with Crippen molar-refractivity contribution < 1.29 is 4.74 Å². The third-order valence-corrected chi connectivity index (χ3v) is 4.03. The lowest BCUT2D eigenvalue weighted by Gasteiger charge is -2.43. The normalized spacial score (nSPS) is 24.1. The molecule has 1 fully saturated rings. The van der Waals surface area contributed by atoms with Crippen LogP contribution in [0.3, 0.4) is 0 Å². The van der Waals surface area contributed by atoms with Crippen LogP contribution in [-0.2, 0) is 0 Å². The number of nitrogens with zero attached hydrogens (tertiary/aromatic N) is 3. The molecule has 2 unspecified atom stereocenters. The maximum absolute atomic E-state index is 9.27. The number of piperazine rings is 1. The Morgan fingerprint density at radius 1 is 1.26 bits per heavy atom. The zero-order valence-corrected chi connectivity index (χ0v) is 12.1. The molecule has 0 aliphatic carbocycles. The van der Waals surface area contributed by atoms with E-state index in [2.05, 4.69) is 36.8 Å². The summed E-state index contributed by atoms with van der Waals surface area (Å²) in [6, 6.07) is 8.86. The van der Waals surface area contributed by atoms with Gasteiger partial charge in [-0.25, -0.2) is 0 Å². The van der Waals surface area contributed by atoms with E-state index in [0.29, 0.717) is 17.6 Å². The van der Waals surface area contributed by atoms with Crippen LogP contribution in [-0.4, -0.2) is 44.2 Å². The van der Waals surface area contributed by atoms with Crippen LogP contribution < -0.4 is 9.64 Å². The Morgan fingerprint density at radius 3 is 2.42 bits per heavy atom. The number of methoxy groups -OCH3 is 1. The molecule has 2 rings (SSSR count). The fourth-order valence-electron chi connectivity index (χ4n) is 2.60. The third kappa shape index (κ3) is 2.66. The van der Waals surface area contributed by atoms with E-state index in [1.807, 2.05) is 18.2 Å². The summed E-state index contributed by atoms with van der Waals surface area (Å²) in [7, 11) is 3.81. The number of rotatable bonds is 2. The van der Waals surface area contributed by atoms with Crippen molar-refractivity contribution in [2.75, 3.05) is 32.1 Å². The molecule has 1 aromatic rings. The summed E-state index contributed by atoms with van der Waals surface area (Å²) in [4.78, 5) is 4.67. The second kappa shape index (κ2) is 5.50. The molecule has 0 amide bonds. The summed E-state index contributed by atoms with van der Waals surface area (Å²) in [6.45, 7) is 6.30. The molecule has 0 aromatic heterocycles. The van der Waals surface area contributed by atoms with Gasteiger partial charge in [0.2, 0.25) is 0 Å². The van der Waals surface area contributed by atoms with Crippen molar-refractivity contribution in [2.24, 2.45) is 0 Å². The fourth-order valence-corrected chi connectivity index (χ4v) is 2.60. The van der Waals surface area contributed by atoms with Crippen molar-refractivity contribution in [3.05, 3.63) is 23.8 Å². The van der Waals surface area contributed by atoms with Crippen molar-refractivity contribution in [1.82, 2.24) is 4.90 Å². The Kier molecular flexibility index (Phi) is 3.96. The number of anilines is 1. The first-order chi connectivity index (χ1) is 9.06. The number of nitriles is 1. The van der Waals surface area contributed by atoms with Gasteiger partial charge in [-0.2, -0.15) is 5.26 Å². The van der Waals surface area contributed by atoms with Crippen LogP contribution >= 0.6 is 0 Å². The summed E-state index contributed by atoms with van der Waals surface area (Å²) >= 11 is 0. The highest BCUT2D eigenvalue weighted by Gasteiger charge is 2.27. The maximum atomic E-state index is 9.27. The van der Waals surface area contributed by atoms with Crippen LogP contribution in [0.5, 0.6) is 5.75 Å². The van der Waals surface area contributed by atoms with Crippen LogP contribution in [0.2, 0.25) is 0 Å². The van der Waals surface area contributed by atoms with E-state index in [9.17, 15) is 5.26 Å². The van der Waals surface area contributed by atoms with Gasteiger partial charge in [-0.05, 0) is 33.0 Å². The molecule has 1 aliphatic heterocycles. The third-order valence-electron chi connectivity index (χ3n) is 4.03. The Balaban J connectivity index is 2.33. The van der Waals surface area contributed by atoms with Gasteiger partial charge in [-0.3, -0.25) is 4.90 Å². The molecule has 1 aliphatic rings. The zero-order chi connectivity index (χ0) is 14.0. The molecule has 4 heteroatoms. The van der Waals surface area contributed by atoms with Gasteiger partial charge in [0.1, 0.15) is 11.8 Å². The first-order valence-electron chi connectivity index (χ1n) is 6.61. The minimum Gasteiger partial charge on any atom is -0.497 e. The van der Waals surface area contributed by atoms with Gasteiger partial charge in [-0.15, -0.1) is 0 Å². The van der Waals surface area contributed by atoms with Crippen LogP contribution in [0.15, 0.2) is 18.2 Å². The Morgan fingerprint density at radius 2 is 1.89 bits per heavy atom. The van der Waals surface area contributed by atoms with Gasteiger partial charge in [-0.1, -0.05) is 0 Å². The molecule has 2 atom stereocenters. The lowest BCUT2D eigenvalue weighted by molar-refractivity contribution is 0.170. The van der Waals surface area contributed by atoms with E-state index >= 15 is 0 Å². The van der Waals surface area contributed by atoms with E-state index in [0.717, 1.165) is 24.5 Å². The molecule has 0 N–H and O–H groups in total. The van der Waals surface area contributed by atoms with Gasteiger partial charge in [0.15, 0.2) is 0 Å². The summed E-state index contributed by atoms with van der Waals surface area (Å²) in [5.74, 6) is 0.799. The molecular weight excluding hydrogens is 238 g/mol. The minimum absolute atomic E-state index is 0.474. The van der Waals surface area contributed by atoms with Gasteiger partial charge in [0.25, 0.3) is 0 Å². The Labute approximate surface area is 115 Å². The maximum Gasteiger partial charge on any atom is 0.121 e. The number of hydrogen-bond donors (Lipinski definition) is 0. The monoisotopic (exact) mass is 259 g/mol. The minimum atomic E-state index is 0.474. The van der Waals surface area contributed by atoms with E-state index in [1.165, 1.54) is 0 Å². The Hall–Kier alpha value is -1.73. The van der Waals surface area contributed by atoms with E-state index in [-0.39, 0.29) is 0 Å². The van der Waals surface area contributed by atoms with Crippen LogP contribution in [0.4, 0.5) is 5.69 Å². The zero-order valence-electron chi connectivity index (χ0n) is 12.1. The van der Waals surface area contributed by atoms with Crippen LogP contribution in [0, 0.1) is 11.3 Å². The van der Waals surface area contributed by atoms with Crippen molar-refractivity contribution in [3.8, 4) is 11.8 Å². The molecule has 1 aromatic carbocycles. The number of hydrogen-bond acceptors (Lipinski definition) is 4. The fraction of sp³-hybridized carbons (Fsp3) is 0.533. The van der Waals surface area contributed by atoms with Crippen LogP contribution in [0.1, 0.15) is 19.4 Å². The van der Waals surface area contributed by atoms with Gasteiger partial charge >= 0.3 is 0 Å². The topological polar surface area (TPSA) is 39.5 Å². The largest absolute Gasteiger partial charge is 0.497 e. The summed E-state index contributed by atoms with van der Waals surface area (Å²) in [6.07, 6.45) is 0. The molecular formula is C15H21N3O. The first-order valence-corrected chi connectivity index (χ1v) is 6.61. The highest BCUT2D eigenvalue weighted by molar-refractivity contribution is 5.62. The van der Waals surface area contributed by atoms with Gasteiger partial charge in [0, 0.05) is 31.2 Å². The quantitative estimate of drug-likeness (QED) is 0.815. The first kappa shape index (κ1) is 13.7. The number of benzene rings is 1. The smallest absolute Gasteiger partial charge is 0.121 e. The molecule has 4 nitrogen and oxygen atoms in total. The van der Waals surface area contributed by atoms with Crippen molar-refractivity contribution in [2.45, 2.75) is 25.9 Å². The molecule has 19 heavy (non-hydrogen) atoms. The summed E-state index contributed by atoms with van der Waals surface area (Å²) in [5.41, 5.74) is 1.69. The molecule has 0 radical (unpaired) electrons. The molecule has 0 spiro atoms. The summed E-state index contributed by atoms with van der Waals surface area (Å²) in [5, 5.41) is 9.27. The van der Waals surface area contributed by atoms with E-state index < -0.39 is 0 Å². The standard InChI is InChI=1S/C15H21N3O/c1-11-9-18(10-12(2)17(11)3)15-7-14(19-4)6-5-13(15)8-16/h5-7,11-12H,9-10H2,1-4H3. The predicted molar refractivity (Wildman–Crippen MR) is 76.6 cm³/mol. The van der Waals surface area contributed by atoms with Crippen molar-refractivity contribution in [3.63, 3.8) is 0 Å². The second-order valence-corrected chi connectivity index (χ2v) is 5.26.